The van der Waals surface area contributed by atoms with Gasteiger partial charge in [0.25, 0.3) is 6.43 Å². The molecule has 0 radical (unpaired) electrons. The van der Waals surface area contributed by atoms with E-state index in [-0.39, 0.29) is 11.3 Å². The fourth-order valence-electron chi connectivity index (χ4n) is 1.53. The van der Waals surface area contributed by atoms with Gasteiger partial charge in [-0.2, -0.15) is 5.10 Å². The van der Waals surface area contributed by atoms with E-state index in [1.807, 2.05) is 0 Å². The molecular weight excluding hydrogens is 294 g/mol. The molecule has 0 aliphatic carbocycles. The highest BCUT2D eigenvalue weighted by molar-refractivity contribution is 9.10. The molecule has 1 heterocycles. The molecule has 2 aromatic rings. The van der Waals surface area contributed by atoms with Crippen LogP contribution in [0, 0.1) is 0 Å². The van der Waals surface area contributed by atoms with Crippen LogP contribution in [-0.2, 0) is 6.61 Å². The van der Waals surface area contributed by atoms with Crippen LogP contribution in [0.4, 0.5) is 8.78 Å². The van der Waals surface area contributed by atoms with Gasteiger partial charge in [-0.15, -0.1) is 0 Å². The summed E-state index contributed by atoms with van der Waals surface area (Å²) in [7, 11) is 0. The van der Waals surface area contributed by atoms with Gasteiger partial charge in [0.1, 0.15) is 5.69 Å². The van der Waals surface area contributed by atoms with Gasteiger partial charge in [0.2, 0.25) is 0 Å². The summed E-state index contributed by atoms with van der Waals surface area (Å²) < 4.78 is 27.8. The van der Waals surface area contributed by atoms with Crippen molar-refractivity contribution in [3.8, 4) is 5.69 Å². The number of hydrogen-bond donors (Lipinski definition) is 1. The Morgan fingerprint density at radius 1 is 1.29 bits per heavy atom. The second-order valence-electron chi connectivity index (χ2n) is 3.40. The van der Waals surface area contributed by atoms with Crippen LogP contribution in [-0.4, -0.2) is 14.9 Å². The average Bonchev–Trinajstić information content (AvgIpc) is 2.73. The lowest BCUT2D eigenvalue weighted by Crippen LogP contribution is -2.04. The molecule has 0 bridgehead atoms. The molecular formula is C11H9BrF2N2O. The third-order valence-electron chi connectivity index (χ3n) is 2.33. The zero-order valence-corrected chi connectivity index (χ0v) is 10.2. The molecule has 17 heavy (non-hydrogen) atoms. The van der Waals surface area contributed by atoms with E-state index in [0.29, 0.717) is 5.69 Å². The molecule has 0 fully saturated rings. The van der Waals surface area contributed by atoms with E-state index in [2.05, 4.69) is 21.0 Å². The van der Waals surface area contributed by atoms with Crippen LogP contribution in [0.2, 0.25) is 0 Å². The van der Waals surface area contributed by atoms with Gasteiger partial charge in [-0.25, -0.2) is 13.5 Å². The molecule has 90 valence electrons. The van der Waals surface area contributed by atoms with Gasteiger partial charge in [-0.05, 0) is 24.3 Å². The third kappa shape index (κ3) is 2.37. The molecule has 1 aromatic heterocycles. The molecule has 0 unspecified atom stereocenters. The maximum atomic E-state index is 12.9. The predicted octanol–water partition coefficient (Wildman–Crippen LogP) is 3.06. The number of hydrogen-bond acceptors (Lipinski definition) is 2. The number of nitrogens with zero attached hydrogens (tertiary/aromatic N) is 2. The van der Waals surface area contributed by atoms with Crippen molar-refractivity contribution in [3.63, 3.8) is 0 Å². The van der Waals surface area contributed by atoms with E-state index in [0.717, 1.165) is 9.15 Å². The Kier molecular flexibility index (Phi) is 3.54. The summed E-state index contributed by atoms with van der Waals surface area (Å²) in [6, 6.07) is 6.82. The minimum Gasteiger partial charge on any atom is -0.392 e. The zero-order valence-electron chi connectivity index (χ0n) is 8.65. The molecule has 0 amide bonds. The van der Waals surface area contributed by atoms with Crippen LogP contribution in [0.5, 0.6) is 0 Å². The van der Waals surface area contributed by atoms with E-state index in [1.165, 1.54) is 6.20 Å². The molecule has 6 heteroatoms. The van der Waals surface area contributed by atoms with Gasteiger partial charge in [0.05, 0.1) is 18.5 Å². The second kappa shape index (κ2) is 4.93. The first-order valence-electron chi connectivity index (χ1n) is 4.85. The first-order valence-corrected chi connectivity index (χ1v) is 5.64. The number of aliphatic hydroxyl groups is 1. The lowest BCUT2D eigenvalue weighted by molar-refractivity contribution is 0.138. The molecule has 0 spiro atoms. The van der Waals surface area contributed by atoms with Crippen LogP contribution < -0.4 is 0 Å². The van der Waals surface area contributed by atoms with Crippen LogP contribution in [0.15, 0.2) is 34.9 Å². The number of rotatable bonds is 3. The van der Waals surface area contributed by atoms with Crippen molar-refractivity contribution in [2.75, 3.05) is 0 Å². The Morgan fingerprint density at radius 2 is 1.94 bits per heavy atom. The maximum Gasteiger partial charge on any atom is 0.280 e. The van der Waals surface area contributed by atoms with Gasteiger partial charge in [0.15, 0.2) is 0 Å². The molecule has 1 aromatic carbocycles. The van der Waals surface area contributed by atoms with Crippen molar-refractivity contribution in [2.24, 2.45) is 0 Å². The minimum atomic E-state index is -2.68. The van der Waals surface area contributed by atoms with Gasteiger partial charge in [-0.1, -0.05) is 15.9 Å². The lowest BCUT2D eigenvalue weighted by atomic mass is 10.2. The molecule has 0 aliphatic rings. The van der Waals surface area contributed by atoms with Crippen molar-refractivity contribution < 1.29 is 13.9 Å². The molecule has 0 atom stereocenters. The van der Waals surface area contributed by atoms with Crippen LogP contribution in [0.3, 0.4) is 0 Å². The summed E-state index contributed by atoms with van der Waals surface area (Å²) in [4.78, 5) is 0. The Morgan fingerprint density at radius 3 is 2.47 bits per heavy atom. The summed E-state index contributed by atoms with van der Waals surface area (Å²) in [5.41, 5.74) is 0.404. The first kappa shape index (κ1) is 12.2. The van der Waals surface area contributed by atoms with Gasteiger partial charge >= 0.3 is 0 Å². The quantitative estimate of drug-likeness (QED) is 0.946. The smallest absolute Gasteiger partial charge is 0.280 e. The summed E-state index contributed by atoms with van der Waals surface area (Å²) in [5.74, 6) is 0. The van der Waals surface area contributed by atoms with E-state index < -0.39 is 13.0 Å². The van der Waals surface area contributed by atoms with Crippen LogP contribution in [0.25, 0.3) is 5.69 Å². The fraction of sp³-hybridized carbons (Fsp3) is 0.182. The fourth-order valence-corrected chi connectivity index (χ4v) is 1.80. The summed E-state index contributed by atoms with van der Waals surface area (Å²) in [6.07, 6.45) is -1.42. The monoisotopic (exact) mass is 302 g/mol. The summed E-state index contributed by atoms with van der Waals surface area (Å²) in [5, 5.41) is 12.8. The number of aromatic nitrogens is 2. The summed E-state index contributed by atoms with van der Waals surface area (Å²) >= 11 is 3.27. The second-order valence-corrected chi connectivity index (χ2v) is 4.32. The van der Waals surface area contributed by atoms with E-state index in [4.69, 9.17) is 5.11 Å². The standard InChI is InChI=1S/C11H9BrF2N2O/c12-8-1-3-9(4-2-8)16-10(11(13)14)7(6-17)5-15-16/h1-5,11,17H,6H2. The number of aliphatic hydroxyl groups excluding tert-OH is 1. The third-order valence-corrected chi connectivity index (χ3v) is 2.86. The van der Waals surface area contributed by atoms with Crippen molar-refractivity contribution in [3.05, 3.63) is 46.2 Å². The highest BCUT2D eigenvalue weighted by Crippen LogP contribution is 2.26. The highest BCUT2D eigenvalue weighted by atomic mass is 79.9. The lowest BCUT2D eigenvalue weighted by Gasteiger charge is -2.08. The molecule has 0 saturated heterocycles. The molecule has 3 nitrogen and oxygen atoms in total. The number of alkyl halides is 2. The Hall–Kier alpha value is -1.27. The molecule has 2 rings (SSSR count). The number of halogens is 3. The van der Waals surface area contributed by atoms with Crippen molar-refractivity contribution in [2.45, 2.75) is 13.0 Å². The molecule has 1 N–H and O–H groups in total. The van der Waals surface area contributed by atoms with Gasteiger partial charge in [-0.3, -0.25) is 0 Å². The van der Waals surface area contributed by atoms with Crippen molar-refractivity contribution >= 4 is 15.9 Å². The van der Waals surface area contributed by atoms with E-state index in [9.17, 15) is 8.78 Å². The Labute approximate surface area is 105 Å². The topological polar surface area (TPSA) is 38.1 Å². The highest BCUT2D eigenvalue weighted by Gasteiger charge is 2.20. The normalized spacial score (nSPS) is 11.1. The maximum absolute atomic E-state index is 12.9. The molecule has 0 saturated carbocycles. The SMILES string of the molecule is OCc1cnn(-c2ccc(Br)cc2)c1C(F)F. The largest absolute Gasteiger partial charge is 0.392 e. The predicted molar refractivity (Wildman–Crippen MR) is 62.1 cm³/mol. The van der Waals surface area contributed by atoms with Crippen LogP contribution >= 0.6 is 15.9 Å². The molecule has 0 aliphatic heterocycles. The first-order chi connectivity index (χ1) is 8.13. The zero-order chi connectivity index (χ0) is 12.4. The van der Waals surface area contributed by atoms with Crippen molar-refractivity contribution in [1.29, 1.82) is 0 Å². The average molecular weight is 303 g/mol. The van der Waals surface area contributed by atoms with Gasteiger partial charge in [0, 0.05) is 10.0 Å². The van der Waals surface area contributed by atoms with Gasteiger partial charge < -0.3 is 5.11 Å². The van der Waals surface area contributed by atoms with Crippen LogP contribution in [0.1, 0.15) is 17.7 Å². The minimum absolute atomic E-state index is 0.142. The number of benzene rings is 1. The van der Waals surface area contributed by atoms with Crippen molar-refractivity contribution in [1.82, 2.24) is 9.78 Å². The summed E-state index contributed by atoms with van der Waals surface area (Å²) in [6.45, 7) is -0.448. The van der Waals surface area contributed by atoms with E-state index >= 15 is 0 Å². The Bertz CT molecular complexity index is 511. The van der Waals surface area contributed by atoms with E-state index in [1.54, 1.807) is 24.3 Å². The Balaban J connectivity index is 2.51.